The number of aromatic hydroxyl groups is 1. The number of ether oxygens (including phenoxy) is 1. The summed E-state index contributed by atoms with van der Waals surface area (Å²) in [4.78, 5) is 39.7. The lowest BCUT2D eigenvalue weighted by Crippen LogP contribution is -2.52. The Hall–Kier alpha value is -2.77. The molecule has 1 fully saturated rings. The molecular formula is C22H33N3O5. The number of para-hydroxylation sites is 1. The number of phenols is 1. The van der Waals surface area contributed by atoms with Gasteiger partial charge < -0.3 is 25.4 Å². The third kappa shape index (κ3) is 6.93. The first-order valence-corrected chi connectivity index (χ1v) is 10.2. The van der Waals surface area contributed by atoms with E-state index in [1.807, 2.05) is 20.8 Å². The first-order chi connectivity index (χ1) is 13.8. The first kappa shape index (κ1) is 23.5. The summed E-state index contributed by atoms with van der Waals surface area (Å²) in [6.07, 6.45) is 0.806. The first-order valence-electron chi connectivity index (χ1n) is 10.2. The molecule has 1 aromatic rings. The number of amides is 3. The minimum Gasteiger partial charge on any atom is -0.508 e. The van der Waals surface area contributed by atoms with E-state index in [1.165, 1.54) is 11.0 Å². The Bertz CT molecular complexity index is 791. The lowest BCUT2D eigenvalue weighted by Gasteiger charge is -2.34. The van der Waals surface area contributed by atoms with Crippen LogP contribution in [0.2, 0.25) is 0 Å². The Morgan fingerprint density at radius 1 is 1.13 bits per heavy atom. The van der Waals surface area contributed by atoms with Gasteiger partial charge in [-0.05, 0) is 60.5 Å². The van der Waals surface area contributed by atoms with Crippen molar-refractivity contribution in [3.63, 3.8) is 0 Å². The summed E-state index contributed by atoms with van der Waals surface area (Å²) in [6, 6.07) is 5.35. The number of benzene rings is 1. The average molecular weight is 420 g/mol. The summed E-state index contributed by atoms with van der Waals surface area (Å²) < 4.78 is 5.18. The molecule has 166 valence electrons. The van der Waals surface area contributed by atoms with Crippen LogP contribution < -0.4 is 10.6 Å². The third-order valence-corrected chi connectivity index (χ3v) is 4.27. The number of nitrogens with one attached hydrogen (secondary N) is 2. The van der Waals surface area contributed by atoms with Crippen molar-refractivity contribution < 1.29 is 24.2 Å². The van der Waals surface area contributed by atoms with Crippen LogP contribution in [0, 0.1) is 0 Å². The fourth-order valence-electron chi connectivity index (χ4n) is 3.04. The largest absolute Gasteiger partial charge is 0.508 e. The second kappa shape index (κ2) is 8.93. The minimum atomic E-state index is -1.01. The number of phenolic OH excluding ortho intramolecular Hbond substituents is 1. The highest BCUT2D eigenvalue weighted by Crippen LogP contribution is 2.37. The smallest absolute Gasteiger partial charge is 0.408 e. The van der Waals surface area contributed by atoms with Crippen LogP contribution in [-0.2, 0) is 14.3 Å². The highest BCUT2D eigenvalue weighted by molar-refractivity contribution is 5.91. The fraction of sp³-hybridized carbons (Fsp3) is 0.591. The van der Waals surface area contributed by atoms with Gasteiger partial charge in [0, 0.05) is 17.1 Å². The van der Waals surface area contributed by atoms with Gasteiger partial charge >= 0.3 is 6.09 Å². The summed E-state index contributed by atoms with van der Waals surface area (Å²) in [7, 11) is 0. The summed E-state index contributed by atoms with van der Waals surface area (Å²) in [6.45, 7) is 10.4. The van der Waals surface area contributed by atoms with E-state index in [0.29, 0.717) is 5.56 Å². The molecule has 2 rings (SSSR count). The Balaban J connectivity index is 2.28. The molecule has 3 N–H and O–H groups in total. The van der Waals surface area contributed by atoms with Crippen LogP contribution in [0.1, 0.15) is 66.0 Å². The molecule has 0 aliphatic heterocycles. The van der Waals surface area contributed by atoms with Gasteiger partial charge in [0.25, 0.3) is 0 Å². The predicted molar refractivity (Wildman–Crippen MR) is 113 cm³/mol. The Labute approximate surface area is 178 Å². The van der Waals surface area contributed by atoms with Gasteiger partial charge in [-0.3, -0.25) is 9.59 Å². The van der Waals surface area contributed by atoms with Crippen molar-refractivity contribution in [2.75, 3.05) is 6.54 Å². The highest BCUT2D eigenvalue weighted by Gasteiger charge is 2.42. The van der Waals surface area contributed by atoms with E-state index in [9.17, 15) is 19.5 Å². The van der Waals surface area contributed by atoms with Crippen LogP contribution in [0.4, 0.5) is 4.79 Å². The van der Waals surface area contributed by atoms with E-state index in [0.717, 1.165) is 12.8 Å². The van der Waals surface area contributed by atoms with Crippen molar-refractivity contribution >= 4 is 17.9 Å². The monoisotopic (exact) mass is 419 g/mol. The van der Waals surface area contributed by atoms with Crippen LogP contribution in [0.3, 0.4) is 0 Å². The molecule has 1 aromatic carbocycles. The number of hydrogen-bond donors (Lipinski definition) is 3. The van der Waals surface area contributed by atoms with E-state index in [1.54, 1.807) is 39.0 Å². The fourth-order valence-corrected chi connectivity index (χ4v) is 3.04. The van der Waals surface area contributed by atoms with E-state index >= 15 is 0 Å². The quantitative estimate of drug-likeness (QED) is 0.657. The Morgan fingerprint density at radius 2 is 1.73 bits per heavy atom. The molecule has 8 heteroatoms. The van der Waals surface area contributed by atoms with E-state index in [-0.39, 0.29) is 24.2 Å². The molecule has 8 nitrogen and oxygen atoms in total. The number of alkyl carbamates (subject to hydrolysis) is 1. The molecule has 30 heavy (non-hydrogen) atoms. The van der Waals surface area contributed by atoms with Crippen molar-refractivity contribution in [3.8, 4) is 5.75 Å². The van der Waals surface area contributed by atoms with E-state index in [2.05, 4.69) is 10.6 Å². The van der Waals surface area contributed by atoms with Crippen molar-refractivity contribution in [3.05, 3.63) is 29.8 Å². The molecule has 0 saturated heterocycles. The van der Waals surface area contributed by atoms with Crippen LogP contribution in [0.25, 0.3) is 0 Å². The maximum atomic E-state index is 13.2. The molecule has 0 spiro atoms. The molecule has 1 unspecified atom stereocenters. The lowest BCUT2D eigenvalue weighted by atomic mass is 10.0. The normalized spacial score (nSPS) is 15.1. The lowest BCUT2D eigenvalue weighted by molar-refractivity contribution is -0.141. The summed E-state index contributed by atoms with van der Waals surface area (Å²) in [5.41, 5.74) is -0.863. The zero-order valence-electron chi connectivity index (χ0n) is 18.6. The molecule has 0 heterocycles. The zero-order chi connectivity index (χ0) is 22.7. The average Bonchev–Trinajstić information content (AvgIpc) is 3.40. The Morgan fingerprint density at radius 3 is 2.23 bits per heavy atom. The van der Waals surface area contributed by atoms with Gasteiger partial charge in [0.2, 0.25) is 11.8 Å². The SMILES string of the molecule is CC(C)(C)NC(=O)C(c1ccccc1O)N(C(=O)CNC(=O)OC(C)(C)C)C1CC1. The van der Waals surface area contributed by atoms with Gasteiger partial charge in [-0.1, -0.05) is 18.2 Å². The standard InChI is InChI=1S/C22H33N3O5/c1-21(2,3)24-19(28)18(15-9-7-8-10-16(15)26)25(14-11-12-14)17(27)13-23-20(29)30-22(4,5)6/h7-10,14,18,26H,11-13H2,1-6H3,(H,23,29)(H,24,28). The molecule has 1 atom stereocenters. The number of carbonyl (C=O) groups excluding carboxylic acids is 3. The van der Waals surface area contributed by atoms with Gasteiger partial charge in [-0.2, -0.15) is 0 Å². The minimum absolute atomic E-state index is 0.0647. The molecule has 1 aliphatic carbocycles. The van der Waals surface area contributed by atoms with Crippen LogP contribution in [0.15, 0.2) is 24.3 Å². The number of rotatable bonds is 6. The molecule has 1 aliphatic rings. The zero-order valence-corrected chi connectivity index (χ0v) is 18.6. The van der Waals surface area contributed by atoms with E-state index < -0.39 is 29.2 Å². The summed E-state index contributed by atoms with van der Waals surface area (Å²) in [5.74, 6) is -0.868. The van der Waals surface area contributed by atoms with Crippen LogP contribution >= 0.6 is 0 Å². The molecule has 1 saturated carbocycles. The molecule has 0 aromatic heterocycles. The maximum Gasteiger partial charge on any atom is 0.408 e. The number of nitrogens with zero attached hydrogens (tertiary/aromatic N) is 1. The predicted octanol–water partition coefficient (Wildman–Crippen LogP) is 2.86. The van der Waals surface area contributed by atoms with Crippen molar-refractivity contribution in [1.82, 2.24) is 15.5 Å². The second-order valence-corrected chi connectivity index (χ2v) is 9.59. The Kier molecular flexibility index (Phi) is 7.00. The van der Waals surface area contributed by atoms with Gasteiger partial charge in [0.15, 0.2) is 0 Å². The number of carbonyl (C=O) groups is 3. The van der Waals surface area contributed by atoms with Crippen molar-refractivity contribution in [2.24, 2.45) is 0 Å². The number of hydrogen-bond acceptors (Lipinski definition) is 5. The van der Waals surface area contributed by atoms with Crippen LogP contribution in [-0.4, -0.2) is 51.6 Å². The van der Waals surface area contributed by atoms with Crippen molar-refractivity contribution in [1.29, 1.82) is 0 Å². The highest BCUT2D eigenvalue weighted by atomic mass is 16.6. The second-order valence-electron chi connectivity index (χ2n) is 9.59. The molecule has 0 bridgehead atoms. The van der Waals surface area contributed by atoms with Crippen LogP contribution in [0.5, 0.6) is 5.75 Å². The van der Waals surface area contributed by atoms with Gasteiger partial charge in [-0.25, -0.2) is 4.79 Å². The third-order valence-electron chi connectivity index (χ3n) is 4.27. The van der Waals surface area contributed by atoms with E-state index in [4.69, 9.17) is 4.74 Å². The topological polar surface area (TPSA) is 108 Å². The molecular weight excluding hydrogens is 386 g/mol. The van der Waals surface area contributed by atoms with Gasteiger partial charge in [0.05, 0.1) is 0 Å². The summed E-state index contributed by atoms with van der Waals surface area (Å²) >= 11 is 0. The molecule has 0 radical (unpaired) electrons. The summed E-state index contributed by atoms with van der Waals surface area (Å²) in [5, 5.41) is 15.8. The molecule has 3 amide bonds. The van der Waals surface area contributed by atoms with Gasteiger partial charge in [0.1, 0.15) is 23.9 Å². The van der Waals surface area contributed by atoms with Crippen molar-refractivity contribution in [2.45, 2.75) is 77.6 Å². The maximum absolute atomic E-state index is 13.2. The van der Waals surface area contributed by atoms with Gasteiger partial charge in [-0.15, -0.1) is 0 Å².